The molecule has 100 valence electrons. The van der Waals surface area contributed by atoms with E-state index < -0.39 is 0 Å². The summed E-state index contributed by atoms with van der Waals surface area (Å²) < 4.78 is 1.16. The van der Waals surface area contributed by atoms with E-state index in [0.29, 0.717) is 18.0 Å². The fourth-order valence-corrected chi connectivity index (χ4v) is 3.32. The summed E-state index contributed by atoms with van der Waals surface area (Å²) >= 11 is 3.56. The second-order valence-electron chi connectivity index (χ2n) is 5.46. The lowest BCUT2D eigenvalue weighted by atomic mass is 9.91. The zero-order chi connectivity index (χ0) is 13.1. The Kier molecular flexibility index (Phi) is 4.82. The van der Waals surface area contributed by atoms with E-state index in [1.54, 1.807) is 0 Å². The van der Waals surface area contributed by atoms with Gasteiger partial charge in [-0.1, -0.05) is 28.1 Å². The van der Waals surface area contributed by atoms with Crippen LogP contribution in [0, 0.1) is 5.92 Å². The van der Waals surface area contributed by atoms with Crippen molar-refractivity contribution in [2.45, 2.75) is 38.8 Å². The molecule has 1 aliphatic heterocycles. The summed E-state index contributed by atoms with van der Waals surface area (Å²) in [5.74, 6) is 0.663. The molecule has 0 spiro atoms. The third-order valence-corrected chi connectivity index (χ3v) is 4.68. The number of hydrogen-bond donors (Lipinski definition) is 1. The van der Waals surface area contributed by atoms with Crippen molar-refractivity contribution in [3.8, 4) is 0 Å². The Balaban J connectivity index is 2.13. The van der Waals surface area contributed by atoms with E-state index in [-0.39, 0.29) is 0 Å². The molecule has 1 heterocycles. The topological polar surface area (TPSA) is 29.3 Å². The third kappa shape index (κ3) is 3.14. The van der Waals surface area contributed by atoms with Crippen molar-refractivity contribution in [1.29, 1.82) is 0 Å². The van der Waals surface area contributed by atoms with Crippen molar-refractivity contribution in [1.82, 2.24) is 4.90 Å². The van der Waals surface area contributed by atoms with E-state index in [1.807, 2.05) is 0 Å². The van der Waals surface area contributed by atoms with Crippen molar-refractivity contribution in [3.05, 3.63) is 34.3 Å². The van der Waals surface area contributed by atoms with Gasteiger partial charge in [-0.05, 0) is 56.8 Å². The Labute approximate surface area is 119 Å². The van der Waals surface area contributed by atoms with E-state index in [2.05, 4.69) is 58.9 Å². The molecule has 3 unspecified atom stereocenters. The first kappa shape index (κ1) is 14.0. The molecule has 0 aliphatic carbocycles. The molecule has 2 rings (SSSR count). The van der Waals surface area contributed by atoms with Crippen molar-refractivity contribution < 1.29 is 0 Å². The van der Waals surface area contributed by atoms with Crippen LogP contribution in [0.5, 0.6) is 0 Å². The number of likely N-dealkylation sites (tertiary alicyclic amines) is 1. The highest BCUT2D eigenvalue weighted by molar-refractivity contribution is 9.10. The van der Waals surface area contributed by atoms with Gasteiger partial charge in [-0.3, -0.25) is 4.90 Å². The van der Waals surface area contributed by atoms with E-state index in [0.717, 1.165) is 17.6 Å². The van der Waals surface area contributed by atoms with Crippen LogP contribution in [0.25, 0.3) is 0 Å². The number of nitrogens with zero attached hydrogens (tertiary/aromatic N) is 1. The smallest absolute Gasteiger partial charge is 0.0323 e. The average molecular weight is 311 g/mol. The molecule has 0 bridgehead atoms. The molecule has 3 heteroatoms. The van der Waals surface area contributed by atoms with Crippen LogP contribution in [0.1, 0.15) is 38.3 Å². The van der Waals surface area contributed by atoms with Gasteiger partial charge in [0.05, 0.1) is 0 Å². The minimum Gasteiger partial charge on any atom is -0.330 e. The van der Waals surface area contributed by atoms with Crippen LogP contribution in [-0.2, 0) is 0 Å². The highest BCUT2D eigenvalue weighted by atomic mass is 79.9. The summed E-state index contributed by atoms with van der Waals surface area (Å²) in [6, 6.07) is 9.76. The summed E-state index contributed by atoms with van der Waals surface area (Å²) in [5.41, 5.74) is 7.22. The predicted octanol–water partition coefficient (Wildman–Crippen LogP) is 3.57. The molecule has 0 saturated carbocycles. The van der Waals surface area contributed by atoms with Crippen molar-refractivity contribution in [2.75, 3.05) is 13.1 Å². The molecule has 2 N–H and O–H groups in total. The standard InChI is InChI=1S/C15H23BrN2/c1-11-6-7-13(9-17)10-18(11)12(2)14-4-3-5-15(16)8-14/h3-5,8,11-13H,6-7,9-10,17H2,1-2H3. The average Bonchev–Trinajstić information content (AvgIpc) is 2.38. The van der Waals surface area contributed by atoms with Gasteiger partial charge in [0.1, 0.15) is 0 Å². The predicted molar refractivity (Wildman–Crippen MR) is 80.5 cm³/mol. The second kappa shape index (κ2) is 6.18. The molecule has 1 saturated heterocycles. The molecule has 3 atom stereocenters. The van der Waals surface area contributed by atoms with Gasteiger partial charge in [0, 0.05) is 23.1 Å². The normalized spacial score (nSPS) is 27.1. The van der Waals surface area contributed by atoms with Gasteiger partial charge < -0.3 is 5.73 Å². The largest absolute Gasteiger partial charge is 0.330 e. The molecular weight excluding hydrogens is 288 g/mol. The second-order valence-corrected chi connectivity index (χ2v) is 6.37. The third-order valence-electron chi connectivity index (χ3n) is 4.19. The summed E-state index contributed by atoms with van der Waals surface area (Å²) in [6.07, 6.45) is 2.54. The number of halogens is 1. The number of piperidine rings is 1. The maximum Gasteiger partial charge on any atom is 0.0323 e. The molecule has 0 aromatic heterocycles. The van der Waals surface area contributed by atoms with E-state index in [4.69, 9.17) is 5.73 Å². The SMILES string of the molecule is CC1CCC(CN)CN1C(C)c1cccc(Br)c1. The fourth-order valence-electron chi connectivity index (χ4n) is 2.90. The highest BCUT2D eigenvalue weighted by Gasteiger charge is 2.28. The van der Waals surface area contributed by atoms with Crippen molar-refractivity contribution in [3.63, 3.8) is 0 Å². The van der Waals surface area contributed by atoms with Gasteiger partial charge in [-0.25, -0.2) is 0 Å². The van der Waals surface area contributed by atoms with Crippen LogP contribution in [-0.4, -0.2) is 24.0 Å². The van der Waals surface area contributed by atoms with Crippen molar-refractivity contribution in [2.24, 2.45) is 11.7 Å². The molecule has 1 aromatic carbocycles. The van der Waals surface area contributed by atoms with E-state index >= 15 is 0 Å². The Hall–Kier alpha value is -0.380. The lowest BCUT2D eigenvalue weighted by Gasteiger charge is -2.41. The summed E-state index contributed by atoms with van der Waals surface area (Å²) in [7, 11) is 0. The summed E-state index contributed by atoms with van der Waals surface area (Å²) in [6.45, 7) is 6.58. The fraction of sp³-hybridized carbons (Fsp3) is 0.600. The number of nitrogens with two attached hydrogens (primary N) is 1. The first-order valence-electron chi connectivity index (χ1n) is 6.83. The van der Waals surface area contributed by atoms with E-state index in [1.165, 1.54) is 18.4 Å². The Morgan fingerprint density at radius 3 is 2.89 bits per heavy atom. The molecule has 18 heavy (non-hydrogen) atoms. The van der Waals surface area contributed by atoms with Crippen LogP contribution in [0.4, 0.5) is 0 Å². The summed E-state index contributed by atoms with van der Waals surface area (Å²) in [5, 5.41) is 0. The van der Waals surface area contributed by atoms with Crippen LogP contribution in [0.2, 0.25) is 0 Å². The van der Waals surface area contributed by atoms with Gasteiger partial charge in [0.15, 0.2) is 0 Å². The maximum absolute atomic E-state index is 5.84. The van der Waals surface area contributed by atoms with Gasteiger partial charge in [-0.2, -0.15) is 0 Å². The monoisotopic (exact) mass is 310 g/mol. The number of hydrogen-bond acceptors (Lipinski definition) is 2. The number of rotatable bonds is 3. The van der Waals surface area contributed by atoms with Gasteiger partial charge in [0.2, 0.25) is 0 Å². The Morgan fingerprint density at radius 1 is 1.44 bits per heavy atom. The van der Waals surface area contributed by atoms with Gasteiger partial charge >= 0.3 is 0 Å². The van der Waals surface area contributed by atoms with E-state index in [9.17, 15) is 0 Å². The maximum atomic E-state index is 5.84. The molecule has 0 amide bonds. The molecular formula is C15H23BrN2. The molecule has 1 fully saturated rings. The van der Waals surface area contributed by atoms with Crippen molar-refractivity contribution >= 4 is 15.9 Å². The van der Waals surface area contributed by atoms with Crippen LogP contribution in [0.3, 0.4) is 0 Å². The summed E-state index contributed by atoms with van der Waals surface area (Å²) in [4.78, 5) is 2.60. The first-order chi connectivity index (χ1) is 8.61. The zero-order valence-corrected chi connectivity index (χ0v) is 12.9. The zero-order valence-electron chi connectivity index (χ0n) is 11.3. The molecule has 2 nitrogen and oxygen atoms in total. The Morgan fingerprint density at radius 2 is 2.22 bits per heavy atom. The molecule has 0 radical (unpaired) electrons. The quantitative estimate of drug-likeness (QED) is 0.924. The minimum absolute atomic E-state index is 0.465. The Bertz CT molecular complexity index is 394. The number of benzene rings is 1. The lowest BCUT2D eigenvalue weighted by molar-refractivity contribution is 0.0812. The van der Waals surface area contributed by atoms with Gasteiger partial charge in [0.25, 0.3) is 0 Å². The lowest BCUT2D eigenvalue weighted by Crippen LogP contribution is -2.44. The first-order valence-corrected chi connectivity index (χ1v) is 7.62. The van der Waals surface area contributed by atoms with Crippen LogP contribution < -0.4 is 5.73 Å². The highest BCUT2D eigenvalue weighted by Crippen LogP contribution is 2.31. The van der Waals surface area contributed by atoms with Gasteiger partial charge in [-0.15, -0.1) is 0 Å². The van der Waals surface area contributed by atoms with Crippen LogP contribution in [0.15, 0.2) is 28.7 Å². The molecule has 1 aliphatic rings. The van der Waals surface area contributed by atoms with Crippen LogP contribution >= 0.6 is 15.9 Å². The molecule has 1 aromatic rings. The minimum atomic E-state index is 0.465.